The van der Waals surface area contributed by atoms with Gasteiger partial charge in [0, 0.05) is 0 Å². The van der Waals surface area contributed by atoms with E-state index in [2.05, 4.69) is 0 Å². The molecular weight excluding hydrogens is 414 g/mol. The SMILES string of the molecule is Fc1cccc([I-]I)c1C(F)(F)F. The molecule has 0 saturated carbocycles. The first-order chi connectivity index (χ1) is 5.96. The van der Waals surface area contributed by atoms with E-state index in [9.17, 15) is 17.6 Å². The van der Waals surface area contributed by atoms with Crippen molar-refractivity contribution in [3.63, 3.8) is 0 Å². The standard InChI is InChI=1S/C7H3F4I2/c8-4-2-1-3-5(13-12)6(4)7(9,10)11/h1-3H/q-1. The summed E-state index contributed by atoms with van der Waals surface area (Å²) >= 11 is 1.09. The van der Waals surface area contributed by atoms with Gasteiger partial charge >= 0.3 is 92.7 Å². The first kappa shape index (κ1) is 11.5. The summed E-state index contributed by atoms with van der Waals surface area (Å²) in [4.78, 5) is 0. The molecule has 13 heavy (non-hydrogen) atoms. The van der Waals surface area contributed by atoms with Crippen LogP contribution in [-0.4, -0.2) is 0 Å². The topological polar surface area (TPSA) is 0 Å². The molecule has 0 bridgehead atoms. The van der Waals surface area contributed by atoms with Crippen molar-refractivity contribution in [1.82, 2.24) is 0 Å². The number of hydrogen-bond donors (Lipinski definition) is 0. The average Bonchev–Trinajstić information content (AvgIpc) is 2.01. The predicted octanol–water partition coefficient (Wildman–Crippen LogP) is 0.453. The molecule has 6 heteroatoms. The summed E-state index contributed by atoms with van der Waals surface area (Å²) in [6.07, 6.45) is -4.58. The van der Waals surface area contributed by atoms with E-state index >= 15 is 0 Å². The van der Waals surface area contributed by atoms with E-state index in [4.69, 9.17) is 0 Å². The molecular formula is C7H3F4I2-. The van der Waals surface area contributed by atoms with Gasteiger partial charge in [-0.15, -0.1) is 0 Å². The Morgan fingerprint density at radius 2 is 1.85 bits per heavy atom. The Labute approximate surface area is 92.1 Å². The molecule has 0 radical (unpaired) electrons. The summed E-state index contributed by atoms with van der Waals surface area (Å²) in [5, 5.41) is 0. The summed E-state index contributed by atoms with van der Waals surface area (Å²) in [6.45, 7) is 0. The summed E-state index contributed by atoms with van der Waals surface area (Å²) in [5.74, 6) is -1.18. The van der Waals surface area contributed by atoms with Crippen LogP contribution in [0.3, 0.4) is 0 Å². The van der Waals surface area contributed by atoms with Gasteiger partial charge in [0.2, 0.25) is 0 Å². The molecule has 0 unspecified atom stereocenters. The Balaban J connectivity index is 3.32. The molecule has 0 atom stereocenters. The monoisotopic (exact) mass is 417 g/mol. The van der Waals surface area contributed by atoms with Crippen molar-refractivity contribution in [1.29, 1.82) is 0 Å². The Morgan fingerprint density at radius 1 is 1.23 bits per heavy atom. The van der Waals surface area contributed by atoms with E-state index in [1.807, 2.05) is 18.6 Å². The van der Waals surface area contributed by atoms with Gasteiger partial charge in [-0.25, -0.2) is 0 Å². The van der Waals surface area contributed by atoms with Gasteiger partial charge in [0.25, 0.3) is 0 Å². The zero-order valence-corrected chi connectivity index (χ0v) is 10.3. The van der Waals surface area contributed by atoms with E-state index in [1.54, 1.807) is 0 Å². The van der Waals surface area contributed by atoms with Crippen LogP contribution in [0, 0.1) is 9.39 Å². The summed E-state index contributed by atoms with van der Waals surface area (Å²) in [5.41, 5.74) is -1.10. The number of rotatable bonds is 1. The molecule has 1 rings (SSSR count). The van der Waals surface area contributed by atoms with Crippen molar-refractivity contribution in [3.8, 4) is 0 Å². The van der Waals surface area contributed by atoms with Crippen LogP contribution in [0.2, 0.25) is 0 Å². The molecule has 0 spiro atoms. The van der Waals surface area contributed by atoms with Gasteiger partial charge in [0.05, 0.1) is 0 Å². The van der Waals surface area contributed by atoms with Crippen LogP contribution in [0.15, 0.2) is 18.2 Å². The Kier molecular flexibility index (Phi) is 3.78. The van der Waals surface area contributed by atoms with Crippen LogP contribution < -0.4 is 17.2 Å². The van der Waals surface area contributed by atoms with Crippen molar-refractivity contribution in [2.75, 3.05) is 0 Å². The maximum atomic E-state index is 12.8. The van der Waals surface area contributed by atoms with Gasteiger partial charge in [-0.3, -0.25) is 0 Å². The minimum atomic E-state index is -4.58. The van der Waals surface area contributed by atoms with Crippen LogP contribution in [0.5, 0.6) is 0 Å². The fourth-order valence-corrected chi connectivity index (χ4v) is 4.22. The van der Waals surface area contributed by atoms with Crippen molar-refractivity contribution in [3.05, 3.63) is 33.1 Å². The van der Waals surface area contributed by atoms with E-state index < -0.39 is 34.8 Å². The Hall–Kier alpha value is 0.400. The van der Waals surface area contributed by atoms with Gasteiger partial charge < -0.3 is 0 Å². The average molecular weight is 417 g/mol. The first-order valence-electron chi connectivity index (χ1n) is 3.08. The Bertz CT molecular complexity index is 308. The van der Waals surface area contributed by atoms with E-state index in [0.29, 0.717) is 0 Å². The molecule has 1 aromatic carbocycles. The second kappa shape index (κ2) is 4.28. The van der Waals surface area contributed by atoms with Crippen LogP contribution >= 0.6 is 18.6 Å². The second-order valence-electron chi connectivity index (χ2n) is 2.17. The molecule has 1 aromatic rings. The van der Waals surface area contributed by atoms with Crippen molar-refractivity contribution >= 4 is 18.6 Å². The fraction of sp³-hybridized carbons (Fsp3) is 0.143. The Morgan fingerprint density at radius 3 is 2.23 bits per heavy atom. The number of alkyl halides is 3. The van der Waals surface area contributed by atoms with Crippen LogP contribution in [0.4, 0.5) is 17.6 Å². The first-order valence-corrected chi connectivity index (χ1v) is 10.4. The van der Waals surface area contributed by atoms with Gasteiger partial charge in [-0.2, -0.15) is 0 Å². The molecule has 0 aliphatic heterocycles. The van der Waals surface area contributed by atoms with E-state index in [-0.39, 0.29) is 3.57 Å². The second-order valence-corrected chi connectivity index (χ2v) is 6.47. The van der Waals surface area contributed by atoms with Gasteiger partial charge in [-0.1, -0.05) is 0 Å². The molecule has 0 saturated heterocycles. The third-order valence-corrected chi connectivity index (χ3v) is 5.61. The van der Waals surface area contributed by atoms with Crippen molar-refractivity contribution in [2.24, 2.45) is 0 Å². The van der Waals surface area contributed by atoms with E-state index in [0.717, 1.165) is 6.07 Å². The fourth-order valence-electron chi connectivity index (χ4n) is 0.828. The van der Waals surface area contributed by atoms with E-state index in [1.165, 1.54) is 12.1 Å². The van der Waals surface area contributed by atoms with Crippen LogP contribution in [-0.2, 0) is 6.18 Å². The third-order valence-electron chi connectivity index (χ3n) is 1.32. The molecule has 0 N–H and O–H groups in total. The minimum absolute atomic E-state index is 0.0897. The quantitative estimate of drug-likeness (QED) is 0.461. The maximum absolute atomic E-state index is 12.8. The molecule has 0 aliphatic rings. The van der Waals surface area contributed by atoms with Gasteiger partial charge in [0.1, 0.15) is 0 Å². The molecule has 0 nitrogen and oxygen atoms in total. The molecule has 0 aromatic heterocycles. The normalized spacial score (nSPS) is 12.1. The number of halogens is 6. The van der Waals surface area contributed by atoms with Crippen LogP contribution in [0.25, 0.3) is 0 Å². The summed E-state index contributed by atoms with van der Waals surface area (Å²) in [7, 11) is 0. The van der Waals surface area contributed by atoms with Crippen LogP contribution in [0.1, 0.15) is 5.56 Å². The number of benzene rings is 1. The van der Waals surface area contributed by atoms with Gasteiger partial charge in [0.15, 0.2) is 0 Å². The summed E-state index contributed by atoms with van der Waals surface area (Å²) < 4.78 is 49.7. The van der Waals surface area contributed by atoms with Crippen molar-refractivity contribution in [2.45, 2.75) is 6.18 Å². The van der Waals surface area contributed by atoms with Crippen molar-refractivity contribution < 1.29 is 34.8 Å². The van der Waals surface area contributed by atoms with Gasteiger partial charge in [-0.05, 0) is 0 Å². The zero-order valence-electron chi connectivity index (χ0n) is 6.00. The molecule has 0 amide bonds. The summed E-state index contributed by atoms with van der Waals surface area (Å²) in [6, 6.07) is 3.46. The molecule has 0 heterocycles. The molecule has 0 aliphatic carbocycles. The zero-order chi connectivity index (χ0) is 10.1. The number of hydrogen-bond acceptors (Lipinski definition) is 0. The molecule has 74 valence electrons. The third kappa shape index (κ3) is 2.67. The molecule has 0 fully saturated rings. The predicted molar refractivity (Wildman–Crippen MR) is 44.1 cm³/mol.